The number of piperidine rings is 1. The predicted octanol–water partition coefficient (Wildman–Crippen LogP) is 2.27. The molecule has 216 valence electrons. The van der Waals surface area contributed by atoms with Gasteiger partial charge in [0.15, 0.2) is 0 Å². The van der Waals surface area contributed by atoms with E-state index in [4.69, 9.17) is 14.2 Å². The molecule has 5 rings (SSSR count). The fourth-order valence-electron chi connectivity index (χ4n) is 4.99. The molecule has 2 N–H and O–H groups in total. The van der Waals surface area contributed by atoms with Crippen LogP contribution in [0, 0.1) is 0 Å². The summed E-state index contributed by atoms with van der Waals surface area (Å²) in [5.74, 6) is 0.849. The third-order valence-corrected chi connectivity index (χ3v) is 7.19. The van der Waals surface area contributed by atoms with Crippen molar-refractivity contribution in [3.05, 3.63) is 59.7 Å². The number of likely N-dealkylation sites (tertiary alicyclic amines) is 1. The molecule has 2 atom stereocenters. The second-order valence-electron chi connectivity index (χ2n) is 10.2. The van der Waals surface area contributed by atoms with Crippen molar-refractivity contribution in [2.45, 2.75) is 50.9 Å². The zero-order valence-corrected chi connectivity index (χ0v) is 23.0. The zero-order chi connectivity index (χ0) is 28.3. The van der Waals surface area contributed by atoms with E-state index in [2.05, 4.69) is 5.32 Å². The van der Waals surface area contributed by atoms with Crippen molar-refractivity contribution in [3.63, 3.8) is 0 Å². The number of hydrogen-bond acceptors (Lipinski definition) is 7. The molecule has 3 heterocycles. The van der Waals surface area contributed by atoms with Crippen LogP contribution >= 0.6 is 0 Å². The third kappa shape index (κ3) is 8.51. The molecule has 3 aliphatic heterocycles. The molecule has 40 heavy (non-hydrogen) atoms. The van der Waals surface area contributed by atoms with Gasteiger partial charge in [0.1, 0.15) is 11.5 Å². The van der Waals surface area contributed by atoms with Crippen molar-refractivity contribution >= 4 is 17.7 Å². The van der Waals surface area contributed by atoms with Gasteiger partial charge in [0.25, 0.3) is 0 Å². The van der Waals surface area contributed by atoms with Crippen LogP contribution < -0.4 is 10.1 Å². The monoisotopic (exact) mass is 553 g/mol. The largest absolute Gasteiger partial charge is 0.457 e. The Bertz CT molecular complexity index is 1140. The van der Waals surface area contributed by atoms with Crippen molar-refractivity contribution in [2.24, 2.45) is 0 Å². The fourth-order valence-corrected chi connectivity index (χ4v) is 4.99. The molecule has 0 aromatic heterocycles. The lowest BCUT2D eigenvalue weighted by molar-refractivity contribution is -0.139. The lowest BCUT2D eigenvalue weighted by Crippen LogP contribution is -2.58. The van der Waals surface area contributed by atoms with E-state index in [-0.39, 0.29) is 56.4 Å². The number of rotatable bonds is 6. The normalized spacial score (nSPS) is 20.6. The van der Waals surface area contributed by atoms with Gasteiger partial charge in [-0.05, 0) is 54.7 Å². The highest BCUT2D eigenvalue weighted by Crippen LogP contribution is 2.25. The Hall–Kier alpha value is -3.47. The standard InChI is InChI=1S/C30H39N3O7/c1-38-17-13-30(37)33-15-12-27-26(19-33)31-28(35)20-32(14-3-16-34)29(36)11-8-22-6-9-24(10-7-22)40-25-5-2-4-23(18-25)21-39-27/h2,4-7,9-10,18,26-27,34H,3,8,11-17,19-21H2,1H3,(H,31,35)/t26-,27-/m0/s1. The van der Waals surface area contributed by atoms with Crippen LogP contribution in [-0.2, 0) is 36.9 Å². The lowest BCUT2D eigenvalue weighted by atomic mass is 10.0. The number of methoxy groups -OCH3 is 1. The maximum Gasteiger partial charge on any atom is 0.239 e. The SMILES string of the molecule is COCCC(=O)N1CC[C@@H]2OCc3cccc(c3)Oc3ccc(cc3)CCC(=O)N(CCCO)CC(=O)N[C@H]2C1. The number of fused-ring (bicyclic) bond motifs is 9. The van der Waals surface area contributed by atoms with Gasteiger partial charge in [-0.1, -0.05) is 24.3 Å². The zero-order valence-electron chi connectivity index (χ0n) is 23.0. The number of benzene rings is 2. The second-order valence-corrected chi connectivity index (χ2v) is 10.2. The van der Waals surface area contributed by atoms with Gasteiger partial charge in [-0.25, -0.2) is 0 Å². The van der Waals surface area contributed by atoms with E-state index in [0.29, 0.717) is 57.1 Å². The number of nitrogens with zero attached hydrogens (tertiary/aromatic N) is 2. The molecule has 0 unspecified atom stereocenters. The third-order valence-electron chi connectivity index (χ3n) is 7.19. The van der Waals surface area contributed by atoms with Gasteiger partial charge in [0.05, 0.1) is 38.3 Å². The molecular weight excluding hydrogens is 514 g/mol. The fraction of sp³-hybridized carbons (Fsp3) is 0.500. The molecule has 3 aliphatic rings. The van der Waals surface area contributed by atoms with Crippen molar-refractivity contribution in [2.75, 3.05) is 46.5 Å². The molecule has 0 aliphatic carbocycles. The highest BCUT2D eigenvalue weighted by molar-refractivity contribution is 5.85. The molecule has 0 radical (unpaired) electrons. The highest BCUT2D eigenvalue weighted by Gasteiger charge is 2.33. The predicted molar refractivity (Wildman–Crippen MR) is 148 cm³/mol. The molecule has 0 saturated carbocycles. The van der Waals surface area contributed by atoms with Gasteiger partial charge in [-0.15, -0.1) is 0 Å². The van der Waals surface area contributed by atoms with E-state index in [1.807, 2.05) is 48.5 Å². The Morgan fingerprint density at radius 1 is 1.10 bits per heavy atom. The number of ether oxygens (including phenoxy) is 3. The second kappa shape index (κ2) is 14.8. The molecule has 1 saturated heterocycles. The lowest BCUT2D eigenvalue weighted by Gasteiger charge is -2.39. The first-order valence-corrected chi connectivity index (χ1v) is 13.9. The van der Waals surface area contributed by atoms with Gasteiger partial charge in [0, 0.05) is 39.8 Å². The maximum atomic E-state index is 13.2. The number of nitrogens with one attached hydrogen (secondary N) is 1. The first kappa shape index (κ1) is 29.5. The van der Waals surface area contributed by atoms with Gasteiger partial charge < -0.3 is 34.4 Å². The minimum atomic E-state index is -0.445. The number of carbonyl (C=O) groups is 3. The molecule has 10 nitrogen and oxygen atoms in total. The summed E-state index contributed by atoms with van der Waals surface area (Å²) in [6, 6.07) is 14.8. The average Bonchev–Trinajstić information content (AvgIpc) is 2.96. The summed E-state index contributed by atoms with van der Waals surface area (Å²) in [6.07, 6.45) is 1.62. The number of hydrogen-bond donors (Lipinski definition) is 2. The van der Waals surface area contributed by atoms with Crippen LogP contribution in [0.15, 0.2) is 48.5 Å². The summed E-state index contributed by atoms with van der Waals surface area (Å²) in [7, 11) is 1.56. The first-order chi connectivity index (χ1) is 19.4. The summed E-state index contributed by atoms with van der Waals surface area (Å²) in [5, 5.41) is 12.4. The topological polar surface area (TPSA) is 118 Å². The van der Waals surface area contributed by atoms with Crippen LogP contribution in [-0.4, -0.2) is 91.3 Å². The highest BCUT2D eigenvalue weighted by atomic mass is 16.5. The van der Waals surface area contributed by atoms with Crippen LogP contribution in [0.3, 0.4) is 0 Å². The van der Waals surface area contributed by atoms with Crippen LogP contribution in [0.2, 0.25) is 0 Å². The van der Waals surface area contributed by atoms with Crippen molar-refractivity contribution in [1.82, 2.24) is 15.1 Å². The Labute approximate surface area is 235 Å². The van der Waals surface area contributed by atoms with E-state index < -0.39 is 6.04 Å². The summed E-state index contributed by atoms with van der Waals surface area (Å²) in [5.41, 5.74) is 1.91. The van der Waals surface area contributed by atoms with Crippen LogP contribution in [0.1, 0.15) is 36.8 Å². The summed E-state index contributed by atoms with van der Waals surface area (Å²) >= 11 is 0. The first-order valence-electron chi connectivity index (χ1n) is 13.9. The number of aliphatic hydroxyl groups excluding tert-OH is 1. The van der Waals surface area contributed by atoms with Gasteiger partial charge >= 0.3 is 0 Å². The Morgan fingerprint density at radius 2 is 1.93 bits per heavy atom. The van der Waals surface area contributed by atoms with Crippen molar-refractivity contribution in [1.29, 1.82) is 0 Å². The average molecular weight is 554 g/mol. The molecule has 2 aromatic carbocycles. The van der Waals surface area contributed by atoms with E-state index >= 15 is 0 Å². The minimum absolute atomic E-state index is 0.0403. The number of amides is 3. The molecule has 3 amide bonds. The molecular formula is C30H39N3O7. The van der Waals surface area contributed by atoms with Gasteiger partial charge in [-0.2, -0.15) is 0 Å². The molecule has 1 fully saturated rings. The molecule has 0 spiro atoms. The van der Waals surface area contributed by atoms with Crippen molar-refractivity contribution < 1.29 is 33.7 Å². The van der Waals surface area contributed by atoms with Gasteiger partial charge in [-0.3, -0.25) is 14.4 Å². The van der Waals surface area contributed by atoms with Crippen LogP contribution in [0.25, 0.3) is 0 Å². The maximum absolute atomic E-state index is 13.2. The molecule has 10 heteroatoms. The quantitative estimate of drug-likeness (QED) is 0.564. The van der Waals surface area contributed by atoms with Crippen LogP contribution in [0.4, 0.5) is 0 Å². The van der Waals surface area contributed by atoms with E-state index in [1.165, 1.54) is 4.90 Å². The number of aryl methyl sites for hydroxylation is 1. The van der Waals surface area contributed by atoms with Crippen molar-refractivity contribution in [3.8, 4) is 11.5 Å². The van der Waals surface area contributed by atoms with Gasteiger partial charge in [0.2, 0.25) is 17.7 Å². The summed E-state index contributed by atoms with van der Waals surface area (Å²) in [4.78, 5) is 42.2. The van der Waals surface area contributed by atoms with E-state index in [1.54, 1.807) is 12.0 Å². The molecule has 4 bridgehead atoms. The Morgan fingerprint density at radius 3 is 2.70 bits per heavy atom. The number of aliphatic hydroxyl groups is 1. The van der Waals surface area contributed by atoms with E-state index in [9.17, 15) is 19.5 Å². The summed E-state index contributed by atoms with van der Waals surface area (Å²) in [6.45, 7) is 1.53. The Kier molecular flexibility index (Phi) is 10.9. The Balaban J connectivity index is 1.56. The van der Waals surface area contributed by atoms with E-state index in [0.717, 1.165) is 11.1 Å². The smallest absolute Gasteiger partial charge is 0.239 e. The minimum Gasteiger partial charge on any atom is -0.457 e. The molecule has 2 aromatic rings. The van der Waals surface area contributed by atoms with Crippen LogP contribution in [0.5, 0.6) is 11.5 Å². The summed E-state index contributed by atoms with van der Waals surface area (Å²) < 4.78 is 17.4. The number of carbonyl (C=O) groups excluding carboxylic acids is 3.